The average Bonchev–Trinajstić information content (AvgIpc) is 2.88. The Morgan fingerprint density at radius 2 is 1.41 bits per heavy atom. The number of hydrogen-bond donors (Lipinski definition) is 0. The molecule has 0 aliphatic carbocycles. The van der Waals surface area contributed by atoms with Gasteiger partial charge in [-0.3, -0.25) is 0 Å². The van der Waals surface area contributed by atoms with Gasteiger partial charge >= 0.3 is 5.97 Å². The first-order valence-corrected chi connectivity index (χ1v) is 12.4. The van der Waals surface area contributed by atoms with Gasteiger partial charge in [-0.15, -0.1) is 0 Å². The van der Waals surface area contributed by atoms with Crippen LogP contribution in [0.3, 0.4) is 0 Å². The van der Waals surface area contributed by atoms with E-state index < -0.39 is 0 Å². The minimum atomic E-state index is -0.306. The monoisotopic (exact) mass is 456 g/mol. The molecule has 0 amide bonds. The van der Waals surface area contributed by atoms with E-state index in [1.165, 1.54) is 25.7 Å². The minimum absolute atomic E-state index is 0.244. The normalized spacial score (nSPS) is 11.6. The van der Waals surface area contributed by atoms with E-state index in [1.807, 2.05) is 85.8 Å². The molecule has 3 aromatic rings. The Morgan fingerprint density at radius 3 is 2.03 bits per heavy atom. The lowest BCUT2D eigenvalue weighted by Crippen LogP contribution is -2.11. The van der Waals surface area contributed by atoms with Crippen LogP contribution in [0.2, 0.25) is 0 Å². The van der Waals surface area contributed by atoms with Crippen LogP contribution in [0.5, 0.6) is 5.75 Å². The van der Waals surface area contributed by atoms with Crippen LogP contribution in [0.4, 0.5) is 0 Å². The minimum Gasteiger partial charge on any atom is -0.462 e. The van der Waals surface area contributed by atoms with Crippen molar-refractivity contribution in [3.8, 4) is 16.9 Å². The molecular formula is C31H36O3. The third-order valence-corrected chi connectivity index (χ3v) is 5.92. The van der Waals surface area contributed by atoms with Crippen molar-refractivity contribution in [1.82, 2.24) is 0 Å². The second kappa shape index (κ2) is 13.4. The summed E-state index contributed by atoms with van der Waals surface area (Å²) in [5, 5.41) is 0. The summed E-state index contributed by atoms with van der Waals surface area (Å²) in [6, 6.07) is 25.4. The molecule has 3 nitrogen and oxygen atoms in total. The average molecular weight is 457 g/mol. The third kappa shape index (κ3) is 7.62. The van der Waals surface area contributed by atoms with Gasteiger partial charge in [0, 0.05) is 6.42 Å². The molecule has 0 N–H and O–H groups in total. The summed E-state index contributed by atoms with van der Waals surface area (Å²) >= 11 is 0. The molecule has 178 valence electrons. The standard InChI is InChI=1S/C31H36O3/c1-4-6-7-8-10-13-24(3)33-29-22-20-26(21-23-29)25-16-18-28(19-17-25)31(32)34-30(5-2)27-14-11-9-12-15-27/h9,11-12,14-23,30H,3-8,10,13H2,1-2H3/t30-/m1/s1. The molecule has 0 fully saturated rings. The molecule has 34 heavy (non-hydrogen) atoms. The van der Waals surface area contributed by atoms with E-state index in [4.69, 9.17) is 9.47 Å². The first-order chi connectivity index (χ1) is 16.6. The van der Waals surface area contributed by atoms with Crippen molar-refractivity contribution in [1.29, 1.82) is 0 Å². The maximum atomic E-state index is 12.7. The van der Waals surface area contributed by atoms with Gasteiger partial charge in [0.05, 0.1) is 11.3 Å². The van der Waals surface area contributed by atoms with Crippen LogP contribution in [0.15, 0.2) is 91.2 Å². The van der Waals surface area contributed by atoms with Crippen LogP contribution in [0, 0.1) is 0 Å². The molecule has 0 saturated carbocycles. The van der Waals surface area contributed by atoms with Crippen LogP contribution in [0.25, 0.3) is 11.1 Å². The van der Waals surface area contributed by atoms with Crippen molar-refractivity contribution >= 4 is 5.97 Å². The van der Waals surface area contributed by atoms with E-state index in [1.54, 1.807) is 0 Å². The second-order valence-electron chi connectivity index (χ2n) is 8.62. The lowest BCUT2D eigenvalue weighted by atomic mass is 10.0. The van der Waals surface area contributed by atoms with Gasteiger partial charge in [0.2, 0.25) is 0 Å². The lowest BCUT2D eigenvalue weighted by Gasteiger charge is -2.16. The zero-order valence-corrected chi connectivity index (χ0v) is 20.5. The van der Waals surface area contributed by atoms with Crippen molar-refractivity contribution in [2.24, 2.45) is 0 Å². The van der Waals surface area contributed by atoms with Crippen LogP contribution in [0.1, 0.15) is 80.8 Å². The van der Waals surface area contributed by atoms with Gasteiger partial charge in [0.15, 0.2) is 0 Å². The number of rotatable bonds is 13. The Kier molecular flexibility index (Phi) is 9.97. The van der Waals surface area contributed by atoms with Gasteiger partial charge in [-0.1, -0.05) is 101 Å². The van der Waals surface area contributed by atoms with Crippen LogP contribution in [-0.4, -0.2) is 5.97 Å². The van der Waals surface area contributed by atoms with Crippen molar-refractivity contribution < 1.29 is 14.3 Å². The summed E-state index contributed by atoms with van der Waals surface area (Å²) in [6.45, 7) is 8.30. The van der Waals surface area contributed by atoms with Gasteiger partial charge in [-0.25, -0.2) is 4.79 Å². The summed E-state index contributed by atoms with van der Waals surface area (Å²) in [5.74, 6) is 1.31. The highest BCUT2D eigenvalue weighted by Crippen LogP contribution is 2.26. The highest BCUT2D eigenvalue weighted by atomic mass is 16.5. The summed E-state index contributed by atoms with van der Waals surface area (Å²) < 4.78 is 11.6. The number of ether oxygens (including phenoxy) is 2. The van der Waals surface area contributed by atoms with Crippen LogP contribution >= 0.6 is 0 Å². The van der Waals surface area contributed by atoms with Crippen molar-refractivity contribution in [3.05, 3.63) is 102 Å². The zero-order chi connectivity index (χ0) is 24.2. The molecule has 3 aromatic carbocycles. The van der Waals surface area contributed by atoms with E-state index in [0.29, 0.717) is 5.56 Å². The molecule has 0 radical (unpaired) electrons. The Hall–Kier alpha value is -3.33. The smallest absolute Gasteiger partial charge is 0.338 e. The van der Waals surface area contributed by atoms with E-state index in [2.05, 4.69) is 13.5 Å². The molecule has 0 bridgehead atoms. The lowest BCUT2D eigenvalue weighted by molar-refractivity contribution is 0.0288. The number of hydrogen-bond acceptors (Lipinski definition) is 3. The SMILES string of the molecule is C=C(CCCCCCC)Oc1ccc(-c2ccc(C(=O)O[C@H](CC)c3ccccc3)cc2)cc1. The molecule has 0 aliphatic rings. The topological polar surface area (TPSA) is 35.5 Å². The molecule has 3 heteroatoms. The molecular weight excluding hydrogens is 420 g/mol. The van der Waals surface area contributed by atoms with Gasteiger partial charge in [-0.2, -0.15) is 0 Å². The Balaban J connectivity index is 1.54. The fourth-order valence-corrected chi connectivity index (χ4v) is 3.91. The summed E-state index contributed by atoms with van der Waals surface area (Å²) in [4.78, 5) is 12.7. The quantitative estimate of drug-likeness (QED) is 0.146. The van der Waals surface area contributed by atoms with E-state index in [9.17, 15) is 4.79 Å². The molecule has 0 aliphatic heterocycles. The number of esters is 1. The zero-order valence-electron chi connectivity index (χ0n) is 20.5. The fourth-order valence-electron chi connectivity index (χ4n) is 3.91. The van der Waals surface area contributed by atoms with Crippen molar-refractivity contribution in [2.75, 3.05) is 0 Å². The van der Waals surface area contributed by atoms with Crippen molar-refractivity contribution in [3.63, 3.8) is 0 Å². The number of allylic oxidation sites excluding steroid dienone is 1. The first kappa shape index (κ1) is 25.3. The number of carbonyl (C=O) groups is 1. The molecule has 0 heterocycles. The maximum absolute atomic E-state index is 12.7. The van der Waals surface area contributed by atoms with Crippen molar-refractivity contribution in [2.45, 2.75) is 64.9 Å². The van der Waals surface area contributed by atoms with E-state index in [-0.39, 0.29) is 12.1 Å². The summed E-state index contributed by atoms with van der Waals surface area (Å²) in [5.41, 5.74) is 3.66. The maximum Gasteiger partial charge on any atom is 0.338 e. The number of unbranched alkanes of at least 4 members (excludes halogenated alkanes) is 4. The Morgan fingerprint density at radius 1 is 0.794 bits per heavy atom. The highest BCUT2D eigenvalue weighted by Gasteiger charge is 2.16. The third-order valence-electron chi connectivity index (χ3n) is 5.92. The molecule has 1 atom stereocenters. The molecule has 0 unspecified atom stereocenters. The van der Waals surface area contributed by atoms with Crippen LogP contribution in [-0.2, 0) is 4.74 Å². The van der Waals surface area contributed by atoms with Crippen LogP contribution < -0.4 is 4.74 Å². The number of benzene rings is 3. The second-order valence-corrected chi connectivity index (χ2v) is 8.62. The highest BCUT2D eigenvalue weighted by molar-refractivity contribution is 5.90. The Labute approximate surface area is 204 Å². The largest absolute Gasteiger partial charge is 0.462 e. The van der Waals surface area contributed by atoms with Gasteiger partial charge < -0.3 is 9.47 Å². The van der Waals surface area contributed by atoms with Gasteiger partial charge in [0.1, 0.15) is 11.9 Å². The van der Waals surface area contributed by atoms with E-state index >= 15 is 0 Å². The molecule has 0 saturated heterocycles. The predicted octanol–water partition coefficient (Wildman–Crippen LogP) is 8.91. The molecule has 0 spiro atoms. The summed E-state index contributed by atoms with van der Waals surface area (Å²) in [7, 11) is 0. The van der Waals surface area contributed by atoms with Gasteiger partial charge in [-0.05, 0) is 53.8 Å². The number of carbonyl (C=O) groups excluding carboxylic acids is 1. The summed E-state index contributed by atoms with van der Waals surface area (Å²) in [6.07, 6.45) is 7.56. The first-order valence-electron chi connectivity index (χ1n) is 12.4. The molecule has 0 aromatic heterocycles. The fraction of sp³-hybridized carbons (Fsp3) is 0.323. The Bertz CT molecular complexity index is 1020. The van der Waals surface area contributed by atoms with Gasteiger partial charge in [0.25, 0.3) is 0 Å². The predicted molar refractivity (Wildman–Crippen MR) is 140 cm³/mol. The molecule has 3 rings (SSSR count). The van der Waals surface area contributed by atoms with E-state index in [0.717, 1.165) is 47.5 Å².